The average molecular weight is 769 g/mol. The maximum atomic E-state index is 13.8. The van der Waals surface area contributed by atoms with Crippen molar-refractivity contribution in [3.8, 4) is 0 Å². The van der Waals surface area contributed by atoms with Crippen molar-refractivity contribution < 1.29 is 9.59 Å². The van der Waals surface area contributed by atoms with Gasteiger partial charge in [0, 0.05) is 57.3 Å². The third kappa shape index (κ3) is 9.36. The van der Waals surface area contributed by atoms with E-state index in [4.69, 9.17) is 46.1 Å². The number of nitrogens with two attached hydrogens (primary N) is 4. The monoisotopic (exact) mass is 767 g/mol. The van der Waals surface area contributed by atoms with Crippen LogP contribution in [0.2, 0.25) is 10.0 Å². The predicted molar refractivity (Wildman–Crippen MR) is 220 cm³/mol. The van der Waals surface area contributed by atoms with Gasteiger partial charge in [0.05, 0.1) is 36.3 Å². The Kier molecular flexibility index (Phi) is 12.5. The molecule has 0 bridgehead atoms. The summed E-state index contributed by atoms with van der Waals surface area (Å²) in [7, 11) is 2.05. The van der Waals surface area contributed by atoms with Crippen LogP contribution < -0.4 is 33.6 Å². The summed E-state index contributed by atoms with van der Waals surface area (Å²) in [5.41, 5.74) is 32.2. The van der Waals surface area contributed by atoms with Crippen molar-refractivity contribution >= 4 is 57.8 Å². The zero-order valence-corrected chi connectivity index (χ0v) is 31.8. The molecule has 11 nitrogen and oxygen atoms in total. The summed E-state index contributed by atoms with van der Waals surface area (Å²) in [4.78, 5) is 33.6. The molecule has 6 rings (SSSR count). The Balaban J connectivity index is 1.04. The molecule has 2 aliphatic rings. The summed E-state index contributed by atoms with van der Waals surface area (Å²) in [6, 6.07) is 28.1. The van der Waals surface area contributed by atoms with Gasteiger partial charge in [-0.25, -0.2) is 0 Å². The minimum atomic E-state index is -0.627. The number of nitrogens with zero attached hydrogens (tertiary/aromatic N) is 3. The van der Waals surface area contributed by atoms with Crippen molar-refractivity contribution in [3.63, 3.8) is 0 Å². The van der Waals surface area contributed by atoms with Gasteiger partial charge in [-0.15, -0.1) is 0 Å². The zero-order valence-electron chi connectivity index (χ0n) is 30.3. The molecule has 2 atom stereocenters. The van der Waals surface area contributed by atoms with Crippen LogP contribution in [0.15, 0.2) is 120 Å². The van der Waals surface area contributed by atoms with E-state index < -0.39 is 12.1 Å². The molecule has 2 amide bonds. The maximum Gasteiger partial charge on any atom is 0.253 e. The van der Waals surface area contributed by atoms with Crippen LogP contribution in [0, 0.1) is 0 Å². The first-order valence-corrected chi connectivity index (χ1v) is 18.7. The molecule has 2 heterocycles. The summed E-state index contributed by atoms with van der Waals surface area (Å²) >= 11 is 12.5. The minimum Gasteiger partial charge on any atom is -0.399 e. The van der Waals surface area contributed by atoms with Gasteiger partial charge in [0.1, 0.15) is 0 Å². The second-order valence-electron chi connectivity index (χ2n) is 13.8. The first kappa shape index (κ1) is 38.7. The number of anilines is 4. The van der Waals surface area contributed by atoms with Gasteiger partial charge >= 0.3 is 0 Å². The largest absolute Gasteiger partial charge is 0.399 e. The molecule has 2 aliphatic heterocycles. The minimum absolute atomic E-state index is 0.0956. The van der Waals surface area contributed by atoms with Crippen molar-refractivity contribution in [1.82, 2.24) is 14.7 Å². The number of halogens is 2. The number of carbonyl (C=O) groups is 2. The standard InChI is InChI=1S/C41H47Cl2N9O2/c1-50(18-4-20-51-24-34(48-32-8-2-6-28(42)22-32)36(40(51)53)38(46)26-10-14-30(44)15-11-26)19-5-21-52-25-35(49-33-9-3-7-29(43)23-33)37(41(52)54)39(47)27-12-16-31(45)17-13-27/h2-3,6-17,22-23,38-39,48-49H,4-5,18-21,24-25,44-47H2,1H3/t38-,39-/m1/s1. The Morgan fingerprint density at radius 2 is 1.04 bits per heavy atom. The van der Waals surface area contributed by atoms with Gasteiger partial charge in [-0.05, 0) is 105 Å². The zero-order chi connectivity index (χ0) is 38.4. The van der Waals surface area contributed by atoms with E-state index in [1.807, 2.05) is 70.5 Å². The highest BCUT2D eigenvalue weighted by Crippen LogP contribution is 2.33. The van der Waals surface area contributed by atoms with Crippen molar-refractivity contribution in [3.05, 3.63) is 141 Å². The molecule has 0 aromatic heterocycles. The molecule has 0 aliphatic carbocycles. The van der Waals surface area contributed by atoms with Gasteiger partial charge in [0.15, 0.2) is 0 Å². The molecule has 54 heavy (non-hydrogen) atoms. The molecule has 0 saturated carbocycles. The molecular formula is C41H47Cl2N9O2. The third-order valence-corrected chi connectivity index (χ3v) is 10.2. The molecule has 10 N–H and O–H groups in total. The number of nitrogen functional groups attached to an aromatic ring is 2. The number of hydrogen-bond donors (Lipinski definition) is 6. The van der Waals surface area contributed by atoms with E-state index in [1.54, 1.807) is 36.4 Å². The second-order valence-corrected chi connectivity index (χ2v) is 14.7. The number of nitrogens with one attached hydrogen (secondary N) is 2. The van der Waals surface area contributed by atoms with E-state index in [2.05, 4.69) is 22.6 Å². The van der Waals surface area contributed by atoms with Crippen LogP contribution in [-0.4, -0.2) is 72.8 Å². The number of carbonyl (C=O) groups excluding carboxylic acids is 2. The Bertz CT molecular complexity index is 1890. The van der Waals surface area contributed by atoms with Crippen LogP contribution in [-0.2, 0) is 9.59 Å². The van der Waals surface area contributed by atoms with Gasteiger partial charge in [0.25, 0.3) is 11.8 Å². The van der Waals surface area contributed by atoms with Crippen LogP contribution in [0.5, 0.6) is 0 Å². The molecule has 0 fully saturated rings. The molecule has 282 valence electrons. The van der Waals surface area contributed by atoms with Crippen molar-refractivity contribution in [2.24, 2.45) is 11.5 Å². The van der Waals surface area contributed by atoms with Crippen LogP contribution in [0.4, 0.5) is 22.7 Å². The van der Waals surface area contributed by atoms with Crippen molar-refractivity contribution in [1.29, 1.82) is 0 Å². The van der Waals surface area contributed by atoms with Gasteiger partial charge in [-0.1, -0.05) is 59.6 Å². The van der Waals surface area contributed by atoms with Gasteiger partial charge in [-0.3, -0.25) is 9.59 Å². The summed E-state index contributed by atoms with van der Waals surface area (Å²) < 4.78 is 0. The van der Waals surface area contributed by atoms with E-state index in [-0.39, 0.29) is 11.8 Å². The lowest BCUT2D eigenvalue weighted by molar-refractivity contribution is -0.126. The fraction of sp³-hybridized carbons (Fsp3) is 0.268. The van der Waals surface area contributed by atoms with E-state index in [0.29, 0.717) is 58.7 Å². The fourth-order valence-electron chi connectivity index (χ4n) is 6.91. The highest BCUT2D eigenvalue weighted by atomic mass is 35.5. The van der Waals surface area contributed by atoms with Gasteiger partial charge < -0.3 is 48.3 Å². The Hall–Kier alpha value is -5.04. The summed E-state index contributed by atoms with van der Waals surface area (Å²) in [6.45, 7) is 3.46. The maximum absolute atomic E-state index is 13.8. The Morgan fingerprint density at radius 3 is 1.41 bits per heavy atom. The van der Waals surface area contributed by atoms with E-state index in [0.717, 1.165) is 59.8 Å². The number of benzene rings is 4. The number of hydrogen-bond acceptors (Lipinski definition) is 9. The number of rotatable bonds is 16. The molecule has 0 unspecified atom stereocenters. The molecule has 0 saturated heterocycles. The number of amides is 2. The topological polar surface area (TPSA) is 172 Å². The lowest BCUT2D eigenvalue weighted by Crippen LogP contribution is -2.34. The Labute approximate surface area is 326 Å². The first-order valence-electron chi connectivity index (χ1n) is 18.0. The van der Waals surface area contributed by atoms with Crippen LogP contribution in [0.1, 0.15) is 36.1 Å². The Morgan fingerprint density at radius 1 is 0.648 bits per heavy atom. The summed E-state index contributed by atoms with van der Waals surface area (Å²) in [5.74, 6) is -0.191. The lowest BCUT2D eigenvalue weighted by atomic mass is 9.98. The highest BCUT2D eigenvalue weighted by molar-refractivity contribution is 6.31. The van der Waals surface area contributed by atoms with Crippen LogP contribution in [0.3, 0.4) is 0 Å². The predicted octanol–water partition coefficient (Wildman–Crippen LogP) is 5.99. The summed E-state index contributed by atoms with van der Waals surface area (Å²) in [5, 5.41) is 8.01. The van der Waals surface area contributed by atoms with Gasteiger partial charge in [-0.2, -0.15) is 0 Å². The fourth-order valence-corrected chi connectivity index (χ4v) is 7.29. The molecule has 4 aromatic rings. The second kappa shape index (κ2) is 17.4. The van der Waals surface area contributed by atoms with E-state index in [1.165, 1.54) is 0 Å². The summed E-state index contributed by atoms with van der Waals surface area (Å²) in [6.07, 6.45) is 1.52. The molecular weight excluding hydrogens is 721 g/mol. The molecule has 13 heteroatoms. The van der Waals surface area contributed by atoms with Crippen LogP contribution >= 0.6 is 23.2 Å². The third-order valence-electron chi connectivity index (χ3n) is 9.77. The quantitative estimate of drug-likeness (QED) is 0.0750. The van der Waals surface area contributed by atoms with Gasteiger partial charge in [0.2, 0.25) is 0 Å². The molecule has 4 aromatic carbocycles. The lowest BCUT2D eigenvalue weighted by Gasteiger charge is -2.23. The van der Waals surface area contributed by atoms with E-state index in [9.17, 15) is 9.59 Å². The SMILES string of the molecule is CN(CCCN1CC(Nc2cccc(Cl)c2)=C([C@H](N)c2ccc(N)cc2)C1=O)CCCN1CC(Nc2cccc(Cl)c2)=C([C@H](N)c2ccc(N)cc2)C1=O. The average Bonchev–Trinajstić information content (AvgIpc) is 3.61. The highest BCUT2D eigenvalue weighted by Gasteiger charge is 2.36. The van der Waals surface area contributed by atoms with Crippen LogP contribution in [0.25, 0.3) is 0 Å². The molecule has 0 radical (unpaired) electrons. The van der Waals surface area contributed by atoms with Crippen molar-refractivity contribution in [2.75, 3.05) is 68.4 Å². The normalized spacial score (nSPS) is 15.8. The van der Waals surface area contributed by atoms with Crippen molar-refractivity contribution in [2.45, 2.75) is 24.9 Å². The smallest absolute Gasteiger partial charge is 0.253 e. The van der Waals surface area contributed by atoms with E-state index >= 15 is 0 Å². The molecule has 0 spiro atoms. The first-order chi connectivity index (χ1) is 26.0.